The molecule has 2 rings (SSSR count). The fourth-order valence-corrected chi connectivity index (χ4v) is 1.85. The molecule has 1 unspecified atom stereocenters. The number of carbonyl (C=O) groups excluding carboxylic acids is 1. The Labute approximate surface area is 114 Å². The number of anilines is 1. The highest BCUT2D eigenvalue weighted by Crippen LogP contribution is 2.20. The van der Waals surface area contributed by atoms with Crippen molar-refractivity contribution in [1.29, 1.82) is 0 Å². The van der Waals surface area contributed by atoms with E-state index in [0.717, 1.165) is 15.7 Å². The van der Waals surface area contributed by atoms with Crippen LogP contribution in [0.25, 0.3) is 0 Å². The van der Waals surface area contributed by atoms with Gasteiger partial charge in [-0.25, -0.2) is 0 Å². The summed E-state index contributed by atoms with van der Waals surface area (Å²) in [6.45, 7) is 3.80. The average Bonchev–Trinajstić information content (AvgIpc) is 2.86. The molecule has 0 bridgehead atoms. The Hall–Kier alpha value is -1.62. The predicted molar refractivity (Wildman–Crippen MR) is 74.4 cm³/mol. The van der Waals surface area contributed by atoms with Crippen molar-refractivity contribution in [3.05, 3.63) is 46.7 Å². The predicted octanol–water partition coefficient (Wildman–Crippen LogP) is 3.15. The molecule has 1 heterocycles. The summed E-state index contributed by atoms with van der Waals surface area (Å²) in [4.78, 5) is 12.0. The first-order valence-corrected chi connectivity index (χ1v) is 6.43. The van der Waals surface area contributed by atoms with E-state index < -0.39 is 0 Å². The molecule has 1 aromatic heterocycles. The van der Waals surface area contributed by atoms with Crippen LogP contribution in [0.3, 0.4) is 0 Å². The van der Waals surface area contributed by atoms with Gasteiger partial charge in [0.05, 0.1) is 0 Å². The van der Waals surface area contributed by atoms with E-state index in [0.29, 0.717) is 0 Å². The van der Waals surface area contributed by atoms with Crippen LogP contribution in [-0.2, 0) is 4.79 Å². The number of nitrogens with zero attached hydrogens (tertiary/aromatic N) is 2. The summed E-state index contributed by atoms with van der Waals surface area (Å²) in [5.41, 5.74) is 1.87. The molecule has 0 fully saturated rings. The fraction of sp³-hybridized carbons (Fsp3) is 0.231. The molecule has 0 radical (unpaired) electrons. The third kappa shape index (κ3) is 2.79. The first-order chi connectivity index (χ1) is 8.58. The minimum Gasteiger partial charge on any atom is -0.324 e. The Morgan fingerprint density at radius 2 is 2.28 bits per heavy atom. The van der Waals surface area contributed by atoms with Gasteiger partial charge in [0.25, 0.3) is 0 Å². The number of aromatic nitrogens is 2. The lowest BCUT2D eigenvalue weighted by Gasteiger charge is -2.13. The number of halogens is 1. The Balaban J connectivity index is 2.09. The van der Waals surface area contributed by atoms with Gasteiger partial charge < -0.3 is 5.32 Å². The smallest absolute Gasteiger partial charge is 0.248 e. The zero-order valence-electron chi connectivity index (χ0n) is 10.2. The lowest BCUT2D eigenvalue weighted by Crippen LogP contribution is -2.23. The van der Waals surface area contributed by atoms with Gasteiger partial charge in [-0.1, -0.05) is 15.9 Å². The van der Waals surface area contributed by atoms with Crippen LogP contribution in [0.15, 0.2) is 41.1 Å². The van der Waals surface area contributed by atoms with Gasteiger partial charge in [-0.15, -0.1) is 0 Å². The largest absolute Gasteiger partial charge is 0.324 e. The average molecular weight is 308 g/mol. The van der Waals surface area contributed by atoms with E-state index in [-0.39, 0.29) is 11.9 Å². The van der Waals surface area contributed by atoms with E-state index in [1.807, 2.05) is 32.0 Å². The molecule has 1 atom stereocenters. The fourth-order valence-electron chi connectivity index (χ4n) is 1.60. The topological polar surface area (TPSA) is 46.9 Å². The number of carbonyl (C=O) groups is 1. The highest BCUT2D eigenvalue weighted by molar-refractivity contribution is 9.10. The zero-order valence-corrected chi connectivity index (χ0v) is 11.8. The number of nitrogens with one attached hydrogen (secondary N) is 1. The van der Waals surface area contributed by atoms with Crippen LogP contribution >= 0.6 is 15.9 Å². The van der Waals surface area contributed by atoms with Gasteiger partial charge in [0, 0.05) is 22.6 Å². The molecule has 0 aliphatic heterocycles. The van der Waals surface area contributed by atoms with Gasteiger partial charge in [-0.2, -0.15) is 5.10 Å². The Kier molecular flexibility index (Phi) is 3.81. The van der Waals surface area contributed by atoms with Crippen molar-refractivity contribution in [3.63, 3.8) is 0 Å². The Morgan fingerprint density at radius 3 is 2.89 bits per heavy atom. The number of aryl methyl sites for hydroxylation is 1. The molecule has 0 saturated carbocycles. The van der Waals surface area contributed by atoms with E-state index in [9.17, 15) is 4.79 Å². The van der Waals surface area contributed by atoms with Crippen molar-refractivity contribution in [1.82, 2.24) is 9.78 Å². The third-order valence-electron chi connectivity index (χ3n) is 2.73. The van der Waals surface area contributed by atoms with Crippen LogP contribution in [0.5, 0.6) is 0 Å². The molecule has 0 aliphatic rings. The summed E-state index contributed by atoms with van der Waals surface area (Å²) in [6.07, 6.45) is 3.44. The molecule has 4 nitrogen and oxygen atoms in total. The minimum absolute atomic E-state index is 0.0829. The summed E-state index contributed by atoms with van der Waals surface area (Å²) in [5.74, 6) is -0.0829. The quantitative estimate of drug-likeness (QED) is 0.947. The molecular formula is C13H14BrN3O. The van der Waals surface area contributed by atoms with Crippen molar-refractivity contribution in [2.45, 2.75) is 19.9 Å². The highest BCUT2D eigenvalue weighted by Gasteiger charge is 2.15. The summed E-state index contributed by atoms with van der Waals surface area (Å²) in [6, 6.07) is 7.18. The first kappa shape index (κ1) is 12.8. The molecule has 1 aromatic carbocycles. The van der Waals surface area contributed by atoms with Crippen molar-refractivity contribution in [2.75, 3.05) is 5.32 Å². The zero-order chi connectivity index (χ0) is 13.1. The van der Waals surface area contributed by atoms with Crippen LogP contribution in [0.1, 0.15) is 18.5 Å². The van der Waals surface area contributed by atoms with Crippen molar-refractivity contribution in [2.24, 2.45) is 0 Å². The molecule has 94 valence electrons. The molecular weight excluding hydrogens is 294 g/mol. The van der Waals surface area contributed by atoms with Gasteiger partial charge in [-0.05, 0) is 43.7 Å². The maximum absolute atomic E-state index is 12.0. The molecule has 1 N–H and O–H groups in total. The number of hydrogen-bond donors (Lipinski definition) is 1. The molecule has 1 amide bonds. The van der Waals surface area contributed by atoms with Gasteiger partial charge in [0.1, 0.15) is 6.04 Å². The van der Waals surface area contributed by atoms with Crippen molar-refractivity contribution in [3.8, 4) is 0 Å². The monoisotopic (exact) mass is 307 g/mol. The number of amides is 1. The van der Waals surface area contributed by atoms with Gasteiger partial charge in [0.15, 0.2) is 0 Å². The lowest BCUT2D eigenvalue weighted by atomic mass is 10.2. The highest BCUT2D eigenvalue weighted by atomic mass is 79.9. The van der Waals surface area contributed by atoms with E-state index in [2.05, 4.69) is 26.3 Å². The standard InChI is InChI=1S/C13H14BrN3O/c1-9-8-11(4-5-12(9)14)16-13(18)10(2)17-7-3-6-15-17/h3-8,10H,1-2H3,(H,16,18). The molecule has 2 aromatic rings. The van der Waals surface area contributed by atoms with Gasteiger partial charge >= 0.3 is 0 Å². The van der Waals surface area contributed by atoms with E-state index >= 15 is 0 Å². The summed E-state index contributed by atoms with van der Waals surface area (Å²) >= 11 is 3.43. The molecule has 0 spiro atoms. The van der Waals surface area contributed by atoms with Crippen LogP contribution < -0.4 is 5.32 Å². The summed E-state index contributed by atoms with van der Waals surface area (Å²) in [7, 11) is 0. The molecule has 0 saturated heterocycles. The maximum atomic E-state index is 12.0. The van der Waals surface area contributed by atoms with Crippen LogP contribution in [0, 0.1) is 6.92 Å². The Morgan fingerprint density at radius 1 is 1.50 bits per heavy atom. The van der Waals surface area contributed by atoms with Crippen LogP contribution in [0.2, 0.25) is 0 Å². The Bertz CT molecular complexity index is 551. The third-order valence-corrected chi connectivity index (χ3v) is 3.62. The van der Waals surface area contributed by atoms with Crippen LogP contribution in [0.4, 0.5) is 5.69 Å². The second-order valence-electron chi connectivity index (χ2n) is 4.12. The minimum atomic E-state index is -0.330. The molecule has 5 heteroatoms. The van der Waals surface area contributed by atoms with E-state index in [1.54, 1.807) is 23.1 Å². The number of rotatable bonds is 3. The SMILES string of the molecule is Cc1cc(NC(=O)C(C)n2cccn2)ccc1Br. The second kappa shape index (κ2) is 5.35. The van der Waals surface area contributed by atoms with Crippen molar-refractivity contribution < 1.29 is 4.79 Å². The van der Waals surface area contributed by atoms with Gasteiger partial charge in [-0.3, -0.25) is 9.48 Å². The molecule has 18 heavy (non-hydrogen) atoms. The van der Waals surface area contributed by atoms with Gasteiger partial charge in [0.2, 0.25) is 5.91 Å². The maximum Gasteiger partial charge on any atom is 0.248 e. The van der Waals surface area contributed by atoms with Crippen molar-refractivity contribution >= 4 is 27.5 Å². The molecule has 0 aliphatic carbocycles. The number of hydrogen-bond acceptors (Lipinski definition) is 2. The van der Waals surface area contributed by atoms with E-state index in [4.69, 9.17) is 0 Å². The van der Waals surface area contributed by atoms with E-state index in [1.165, 1.54) is 0 Å². The second-order valence-corrected chi connectivity index (χ2v) is 4.97. The summed E-state index contributed by atoms with van der Waals surface area (Å²) in [5, 5.41) is 6.94. The number of benzene rings is 1. The summed E-state index contributed by atoms with van der Waals surface area (Å²) < 4.78 is 2.65. The lowest BCUT2D eigenvalue weighted by molar-refractivity contribution is -0.119. The van der Waals surface area contributed by atoms with Crippen LogP contribution in [-0.4, -0.2) is 15.7 Å². The normalized spacial score (nSPS) is 12.2. The first-order valence-electron chi connectivity index (χ1n) is 5.64.